The van der Waals surface area contributed by atoms with Crippen LogP contribution in [-0.2, 0) is 17.6 Å². The first-order valence-corrected chi connectivity index (χ1v) is 8.24. The van der Waals surface area contributed by atoms with Crippen molar-refractivity contribution in [2.75, 3.05) is 32.0 Å². The molecule has 0 unspecified atom stereocenters. The fraction of sp³-hybridized carbons (Fsp3) is 0.688. The summed E-state index contributed by atoms with van der Waals surface area (Å²) in [5.74, 6) is 1.81. The van der Waals surface area contributed by atoms with E-state index in [-0.39, 0.29) is 11.9 Å². The molecule has 2 aliphatic heterocycles. The highest BCUT2D eigenvalue weighted by Gasteiger charge is 2.26. The molecule has 0 bridgehead atoms. The summed E-state index contributed by atoms with van der Waals surface area (Å²) in [6.07, 6.45) is 4.85. The lowest BCUT2D eigenvalue weighted by Gasteiger charge is -2.23. The molecule has 1 saturated heterocycles. The first-order valence-electron chi connectivity index (χ1n) is 8.24. The standard InChI is InChI=1S/C16H25N5O/c1-11-18-13-7-9-17-8-6-12(13)15(19-11)20-14-5-3-4-10-21(2)16(14)22/h14,17H,3-10H2,1-2H3,(H,18,19,20)/t14-/m1/s1. The van der Waals surface area contributed by atoms with Crippen molar-refractivity contribution in [3.05, 3.63) is 17.1 Å². The second-order valence-electron chi connectivity index (χ2n) is 6.25. The average Bonchev–Trinajstić information content (AvgIpc) is 2.81. The number of nitrogens with one attached hydrogen (secondary N) is 2. The first kappa shape index (κ1) is 15.2. The smallest absolute Gasteiger partial charge is 0.244 e. The van der Waals surface area contributed by atoms with E-state index in [4.69, 9.17) is 0 Å². The Balaban J connectivity index is 1.88. The van der Waals surface area contributed by atoms with E-state index in [0.29, 0.717) is 0 Å². The van der Waals surface area contributed by atoms with Gasteiger partial charge in [-0.25, -0.2) is 9.97 Å². The maximum Gasteiger partial charge on any atom is 0.244 e. The van der Waals surface area contributed by atoms with Crippen LogP contribution in [0.5, 0.6) is 0 Å². The third-order valence-electron chi connectivity index (χ3n) is 4.52. The fourth-order valence-corrected chi connectivity index (χ4v) is 3.28. The summed E-state index contributed by atoms with van der Waals surface area (Å²) in [6, 6.07) is -0.165. The van der Waals surface area contributed by atoms with Crippen LogP contribution >= 0.6 is 0 Å². The summed E-state index contributed by atoms with van der Waals surface area (Å²) < 4.78 is 0. The van der Waals surface area contributed by atoms with Crippen LogP contribution in [0, 0.1) is 6.92 Å². The van der Waals surface area contributed by atoms with E-state index in [1.54, 1.807) is 0 Å². The zero-order valence-corrected chi connectivity index (χ0v) is 13.5. The van der Waals surface area contributed by atoms with Crippen molar-refractivity contribution in [3.8, 4) is 0 Å². The van der Waals surface area contributed by atoms with E-state index in [1.165, 1.54) is 5.56 Å². The number of likely N-dealkylation sites (N-methyl/N-ethyl adjacent to an activating group) is 1. The molecular formula is C16H25N5O. The molecule has 1 atom stereocenters. The number of carbonyl (C=O) groups excluding carboxylic acids is 1. The zero-order chi connectivity index (χ0) is 15.5. The highest BCUT2D eigenvalue weighted by Crippen LogP contribution is 2.22. The SMILES string of the molecule is Cc1nc2c(c(N[C@@H]3CCCCN(C)C3=O)n1)CCNCC2. The van der Waals surface area contributed by atoms with Gasteiger partial charge in [0.05, 0.1) is 5.69 Å². The Morgan fingerprint density at radius 2 is 2.05 bits per heavy atom. The third-order valence-corrected chi connectivity index (χ3v) is 4.52. The number of carbonyl (C=O) groups is 1. The Kier molecular flexibility index (Phi) is 4.57. The van der Waals surface area contributed by atoms with Crippen LogP contribution in [0.15, 0.2) is 0 Å². The van der Waals surface area contributed by atoms with E-state index in [1.807, 2.05) is 18.9 Å². The van der Waals surface area contributed by atoms with Crippen LogP contribution < -0.4 is 10.6 Å². The van der Waals surface area contributed by atoms with Crippen molar-refractivity contribution in [3.63, 3.8) is 0 Å². The second kappa shape index (κ2) is 6.60. The fourth-order valence-electron chi connectivity index (χ4n) is 3.28. The Morgan fingerprint density at radius 3 is 2.91 bits per heavy atom. The van der Waals surface area contributed by atoms with E-state index < -0.39 is 0 Å². The number of hydrogen-bond acceptors (Lipinski definition) is 5. The van der Waals surface area contributed by atoms with Crippen molar-refractivity contribution in [1.82, 2.24) is 20.2 Å². The minimum atomic E-state index is -0.165. The lowest BCUT2D eigenvalue weighted by atomic mass is 10.1. The van der Waals surface area contributed by atoms with Gasteiger partial charge in [0.2, 0.25) is 5.91 Å². The summed E-state index contributed by atoms with van der Waals surface area (Å²) in [7, 11) is 1.89. The molecule has 0 aliphatic carbocycles. The minimum absolute atomic E-state index is 0.165. The normalized spacial score (nSPS) is 22.7. The largest absolute Gasteiger partial charge is 0.358 e. The number of aryl methyl sites for hydroxylation is 1. The van der Waals surface area contributed by atoms with Gasteiger partial charge in [-0.3, -0.25) is 4.79 Å². The summed E-state index contributed by atoms with van der Waals surface area (Å²) in [6.45, 7) is 4.66. The second-order valence-corrected chi connectivity index (χ2v) is 6.25. The molecule has 1 amide bonds. The molecule has 0 saturated carbocycles. The van der Waals surface area contributed by atoms with Gasteiger partial charge in [0, 0.05) is 32.1 Å². The van der Waals surface area contributed by atoms with Gasteiger partial charge in [0.25, 0.3) is 0 Å². The molecule has 1 aromatic heterocycles. The van der Waals surface area contributed by atoms with Gasteiger partial charge in [-0.1, -0.05) is 0 Å². The van der Waals surface area contributed by atoms with E-state index >= 15 is 0 Å². The Labute approximate surface area is 131 Å². The van der Waals surface area contributed by atoms with E-state index in [2.05, 4.69) is 20.6 Å². The number of fused-ring (bicyclic) bond motifs is 1. The van der Waals surface area contributed by atoms with Gasteiger partial charge in [-0.2, -0.15) is 0 Å². The molecule has 22 heavy (non-hydrogen) atoms. The Morgan fingerprint density at radius 1 is 1.23 bits per heavy atom. The molecule has 2 aliphatic rings. The monoisotopic (exact) mass is 303 g/mol. The van der Waals surface area contributed by atoms with E-state index in [9.17, 15) is 4.79 Å². The van der Waals surface area contributed by atoms with Gasteiger partial charge in [-0.15, -0.1) is 0 Å². The highest BCUT2D eigenvalue weighted by molar-refractivity contribution is 5.84. The number of rotatable bonds is 2. The maximum absolute atomic E-state index is 12.5. The lowest BCUT2D eigenvalue weighted by molar-refractivity contribution is -0.130. The van der Waals surface area contributed by atoms with Crippen molar-refractivity contribution in [1.29, 1.82) is 0 Å². The number of amides is 1. The van der Waals surface area contributed by atoms with Crippen molar-refractivity contribution >= 4 is 11.7 Å². The predicted molar refractivity (Wildman–Crippen MR) is 85.9 cm³/mol. The number of nitrogens with zero attached hydrogens (tertiary/aromatic N) is 3. The van der Waals surface area contributed by atoms with Crippen LogP contribution in [0.3, 0.4) is 0 Å². The molecule has 6 nitrogen and oxygen atoms in total. The highest BCUT2D eigenvalue weighted by atomic mass is 16.2. The van der Waals surface area contributed by atoms with Gasteiger partial charge in [0.15, 0.2) is 0 Å². The predicted octanol–water partition coefficient (Wildman–Crippen LogP) is 0.896. The van der Waals surface area contributed by atoms with Crippen LogP contribution in [0.4, 0.5) is 5.82 Å². The average molecular weight is 303 g/mol. The lowest BCUT2D eigenvalue weighted by Crippen LogP contribution is -2.39. The molecule has 0 aromatic carbocycles. The van der Waals surface area contributed by atoms with Gasteiger partial charge in [0.1, 0.15) is 17.7 Å². The molecule has 2 N–H and O–H groups in total. The van der Waals surface area contributed by atoms with Crippen molar-refractivity contribution in [2.45, 2.75) is 45.1 Å². The molecule has 1 aromatic rings. The van der Waals surface area contributed by atoms with Crippen LogP contribution in [0.25, 0.3) is 0 Å². The van der Waals surface area contributed by atoms with E-state index in [0.717, 1.165) is 69.1 Å². The molecule has 3 rings (SSSR count). The van der Waals surface area contributed by atoms with Crippen LogP contribution in [-0.4, -0.2) is 53.5 Å². The topological polar surface area (TPSA) is 70.2 Å². The summed E-state index contributed by atoms with van der Waals surface area (Å²) in [5.41, 5.74) is 2.30. The summed E-state index contributed by atoms with van der Waals surface area (Å²) in [5, 5.41) is 6.83. The van der Waals surface area contributed by atoms with Crippen molar-refractivity contribution < 1.29 is 4.79 Å². The number of aromatic nitrogens is 2. The molecule has 0 spiro atoms. The zero-order valence-electron chi connectivity index (χ0n) is 13.5. The number of anilines is 1. The number of likely N-dealkylation sites (tertiary alicyclic amines) is 1. The van der Waals surface area contributed by atoms with Crippen molar-refractivity contribution in [2.24, 2.45) is 0 Å². The van der Waals surface area contributed by atoms with Crippen LogP contribution in [0.2, 0.25) is 0 Å². The minimum Gasteiger partial charge on any atom is -0.358 e. The molecule has 6 heteroatoms. The quantitative estimate of drug-likeness (QED) is 0.849. The van der Waals surface area contributed by atoms with Gasteiger partial charge >= 0.3 is 0 Å². The molecule has 120 valence electrons. The molecule has 1 fully saturated rings. The third kappa shape index (κ3) is 3.21. The summed E-state index contributed by atoms with van der Waals surface area (Å²) in [4.78, 5) is 23.5. The van der Waals surface area contributed by atoms with Gasteiger partial charge < -0.3 is 15.5 Å². The van der Waals surface area contributed by atoms with Crippen LogP contribution in [0.1, 0.15) is 36.3 Å². The van der Waals surface area contributed by atoms with Gasteiger partial charge in [-0.05, 0) is 39.2 Å². The summed E-state index contributed by atoms with van der Waals surface area (Å²) >= 11 is 0. The Hall–Kier alpha value is -1.69. The first-order chi connectivity index (χ1) is 10.6. The molecule has 0 radical (unpaired) electrons. The molecule has 3 heterocycles. The Bertz CT molecular complexity index is 560. The molecular weight excluding hydrogens is 278 g/mol. The maximum atomic E-state index is 12.5. The number of hydrogen-bond donors (Lipinski definition) is 2.